The van der Waals surface area contributed by atoms with Crippen molar-refractivity contribution >= 4 is 22.8 Å². The second-order valence-electron chi connectivity index (χ2n) is 7.86. The van der Waals surface area contributed by atoms with Crippen LogP contribution in [0, 0.1) is 29.4 Å². The number of nitrogens with zero attached hydrogens (tertiary/aromatic N) is 3. The van der Waals surface area contributed by atoms with Crippen LogP contribution in [0.2, 0.25) is 0 Å². The minimum Gasteiger partial charge on any atom is -0.481 e. The van der Waals surface area contributed by atoms with Crippen molar-refractivity contribution in [3.05, 3.63) is 36.0 Å². The number of carboxylic acids is 1. The van der Waals surface area contributed by atoms with Gasteiger partial charge in [-0.3, -0.25) is 9.89 Å². The molecule has 0 aliphatic heterocycles. The molecule has 0 saturated heterocycles. The maximum atomic E-state index is 14.5. The summed E-state index contributed by atoms with van der Waals surface area (Å²) < 4.78 is 28.2. The molecule has 3 heterocycles. The Morgan fingerprint density at radius 3 is 2.69 bits per heavy atom. The molecule has 29 heavy (non-hydrogen) atoms. The molecule has 3 aliphatic rings. The molecule has 0 radical (unpaired) electrons. The summed E-state index contributed by atoms with van der Waals surface area (Å²) in [6, 6.07) is 3.66. The van der Waals surface area contributed by atoms with E-state index in [1.54, 1.807) is 0 Å². The summed E-state index contributed by atoms with van der Waals surface area (Å²) in [5.41, 5.74) is 1.13. The fraction of sp³-hybridized carbons (Fsp3) is 0.400. The molecule has 3 N–H and O–H groups in total. The summed E-state index contributed by atoms with van der Waals surface area (Å²) >= 11 is 0. The molecule has 6 rings (SSSR count). The molecule has 3 fully saturated rings. The van der Waals surface area contributed by atoms with E-state index in [2.05, 4.69) is 25.5 Å². The quantitative estimate of drug-likeness (QED) is 0.619. The van der Waals surface area contributed by atoms with Crippen LogP contribution in [0.5, 0.6) is 0 Å². The van der Waals surface area contributed by atoms with Crippen LogP contribution in [0.25, 0.3) is 22.4 Å². The number of aromatic amines is 1. The maximum absolute atomic E-state index is 14.5. The maximum Gasteiger partial charge on any atom is 0.308 e. The van der Waals surface area contributed by atoms with Gasteiger partial charge in [0.2, 0.25) is 0 Å². The Morgan fingerprint density at radius 1 is 1.17 bits per heavy atom. The van der Waals surface area contributed by atoms with E-state index in [1.807, 2.05) is 0 Å². The second-order valence-corrected chi connectivity index (χ2v) is 7.86. The Morgan fingerprint density at radius 2 is 1.93 bits per heavy atom. The second kappa shape index (κ2) is 6.75. The lowest BCUT2D eigenvalue weighted by Gasteiger charge is -2.47. The molecule has 7 nitrogen and oxygen atoms in total. The first-order valence-corrected chi connectivity index (χ1v) is 9.67. The summed E-state index contributed by atoms with van der Waals surface area (Å²) in [7, 11) is 0. The van der Waals surface area contributed by atoms with Gasteiger partial charge in [0.15, 0.2) is 17.3 Å². The number of carbonyl (C=O) groups is 1. The number of aliphatic carboxylic acids is 1. The standard InChI is InChI=1S/C20H19F2N5O2/c21-11-7-12-17(26-27-18(12)23-8-11)14-6-5-13(22)19(24-14)25-16-10-3-1-9(2-4-10)15(16)20(28)29/h5-10,15-16H,1-4H2,(H,24,25)(H,28,29)(H,23,26,27)/t9?,10?,15-,16-/m1/s1. The first-order valence-electron chi connectivity index (χ1n) is 9.67. The summed E-state index contributed by atoms with van der Waals surface area (Å²) in [4.78, 5) is 20.1. The van der Waals surface area contributed by atoms with Gasteiger partial charge >= 0.3 is 5.97 Å². The van der Waals surface area contributed by atoms with Gasteiger partial charge in [0.25, 0.3) is 0 Å². The van der Waals surface area contributed by atoms with Crippen LogP contribution < -0.4 is 5.32 Å². The molecule has 9 heteroatoms. The van der Waals surface area contributed by atoms with Crippen LogP contribution in [-0.4, -0.2) is 37.3 Å². The molecule has 3 saturated carbocycles. The van der Waals surface area contributed by atoms with Crippen molar-refractivity contribution in [2.75, 3.05) is 5.32 Å². The van der Waals surface area contributed by atoms with E-state index in [0.717, 1.165) is 31.9 Å². The number of hydrogen-bond donors (Lipinski definition) is 3. The lowest BCUT2D eigenvalue weighted by atomic mass is 9.61. The van der Waals surface area contributed by atoms with Crippen molar-refractivity contribution < 1.29 is 18.7 Å². The predicted octanol–water partition coefficient (Wildman–Crippen LogP) is 3.60. The molecule has 2 atom stereocenters. The number of H-pyrrole nitrogens is 1. The first kappa shape index (κ1) is 18.0. The van der Waals surface area contributed by atoms with Crippen molar-refractivity contribution in [2.24, 2.45) is 17.8 Å². The molecule has 2 bridgehead atoms. The fourth-order valence-corrected chi connectivity index (χ4v) is 4.92. The molecular formula is C20H19F2N5O2. The fourth-order valence-electron chi connectivity index (χ4n) is 4.92. The Kier molecular flexibility index (Phi) is 4.18. The Labute approximate surface area is 164 Å². The SMILES string of the molecule is O=C(O)[C@@H]1C2CCC(CC2)[C@H]1Nc1nc(-c2[nH]nc3ncc(F)cc23)ccc1F. The molecule has 3 aliphatic carbocycles. The molecule has 0 unspecified atom stereocenters. The average molecular weight is 399 g/mol. The molecule has 0 amide bonds. The third-order valence-electron chi connectivity index (χ3n) is 6.29. The van der Waals surface area contributed by atoms with Crippen LogP contribution >= 0.6 is 0 Å². The number of pyridine rings is 2. The summed E-state index contributed by atoms with van der Waals surface area (Å²) in [5.74, 6) is -2.20. The van der Waals surface area contributed by atoms with Crippen LogP contribution in [0.1, 0.15) is 25.7 Å². The number of hydrogen-bond acceptors (Lipinski definition) is 5. The van der Waals surface area contributed by atoms with E-state index < -0.39 is 23.5 Å². The van der Waals surface area contributed by atoms with Gasteiger partial charge < -0.3 is 10.4 Å². The lowest BCUT2D eigenvalue weighted by molar-refractivity contribution is -0.148. The first-order chi connectivity index (χ1) is 14.0. The zero-order valence-corrected chi connectivity index (χ0v) is 15.4. The van der Waals surface area contributed by atoms with Crippen LogP contribution in [0.15, 0.2) is 24.4 Å². The highest BCUT2D eigenvalue weighted by molar-refractivity contribution is 5.89. The van der Waals surface area contributed by atoms with Crippen molar-refractivity contribution in [3.8, 4) is 11.4 Å². The Hall–Kier alpha value is -3.10. The Bertz CT molecular complexity index is 1090. The van der Waals surface area contributed by atoms with Gasteiger partial charge in [-0.25, -0.2) is 18.7 Å². The number of halogens is 2. The summed E-state index contributed by atoms with van der Waals surface area (Å²) in [6.07, 6.45) is 4.73. The normalized spacial score (nSPS) is 26.0. The largest absolute Gasteiger partial charge is 0.481 e. The van der Waals surface area contributed by atoms with Crippen LogP contribution in [0.3, 0.4) is 0 Å². The van der Waals surface area contributed by atoms with E-state index in [9.17, 15) is 18.7 Å². The topological polar surface area (TPSA) is 104 Å². The zero-order chi connectivity index (χ0) is 20.1. The smallest absolute Gasteiger partial charge is 0.308 e. The lowest BCUT2D eigenvalue weighted by Crippen LogP contribution is -2.51. The third kappa shape index (κ3) is 3.01. The number of nitrogens with one attached hydrogen (secondary N) is 2. The van der Waals surface area contributed by atoms with Gasteiger partial charge in [-0.1, -0.05) is 0 Å². The van der Waals surface area contributed by atoms with Crippen LogP contribution in [0.4, 0.5) is 14.6 Å². The van der Waals surface area contributed by atoms with Gasteiger partial charge in [-0.15, -0.1) is 0 Å². The van der Waals surface area contributed by atoms with E-state index in [1.165, 1.54) is 18.2 Å². The van der Waals surface area contributed by atoms with E-state index in [-0.39, 0.29) is 23.7 Å². The minimum atomic E-state index is -0.852. The van der Waals surface area contributed by atoms with Gasteiger partial charge in [0.1, 0.15) is 5.82 Å². The molecule has 150 valence electrons. The van der Waals surface area contributed by atoms with E-state index in [0.29, 0.717) is 22.4 Å². The van der Waals surface area contributed by atoms with Crippen molar-refractivity contribution in [2.45, 2.75) is 31.7 Å². The van der Waals surface area contributed by atoms with E-state index in [4.69, 9.17) is 0 Å². The van der Waals surface area contributed by atoms with E-state index >= 15 is 0 Å². The molecule has 0 aromatic carbocycles. The predicted molar refractivity (Wildman–Crippen MR) is 101 cm³/mol. The van der Waals surface area contributed by atoms with Gasteiger partial charge in [0, 0.05) is 6.04 Å². The highest BCUT2D eigenvalue weighted by Gasteiger charge is 2.47. The zero-order valence-electron chi connectivity index (χ0n) is 15.4. The van der Waals surface area contributed by atoms with Gasteiger partial charge in [-0.2, -0.15) is 5.10 Å². The number of anilines is 1. The monoisotopic (exact) mass is 399 g/mol. The van der Waals surface area contributed by atoms with Gasteiger partial charge in [0.05, 0.1) is 28.9 Å². The summed E-state index contributed by atoms with van der Waals surface area (Å²) in [5, 5.41) is 20.1. The average Bonchev–Trinajstić information content (AvgIpc) is 3.13. The molecule has 3 aromatic rings. The van der Waals surface area contributed by atoms with Crippen molar-refractivity contribution in [3.63, 3.8) is 0 Å². The summed E-state index contributed by atoms with van der Waals surface area (Å²) in [6.45, 7) is 0. The Balaban J connectivity index is 1.51. The third-order valence-corrected chi connectivity index (χ3v) is 6.29. The van der Waals surface area contributed by atoms with Crippen LogP contribution in [-0.2, 0) is 4.79 Å². The highest BCUT2D eigenvalue weighted by atomic mass is 19.1. The molecular weight excluding hydrogens is 380 g/mol. The number of rotatable bonds is 4. The molecule has 3 aromatic heterocycles. The highest BCUT2D eigenvalue weighted by Crippen LogP contribution is 2.46. The number of carboxylic acid groups (broad SMARTS) is 1. The van der Waals surface area contributed by atoms with Crippen molar-refractivity contribution in [1.82, 2.24) is 20.2 Å². The number of aromatic nitrogens is 4. The minimum absolute atomic E-state index is 0.00147. The molecule has 0 spiro atoms. The van der Waals surface area contributed by atoms with Crippen molar-refractivity contribution in [1.29, 1.82) is 0 Å². The van der Waals surface area contributed by atoms with Gasteiger partial charge in [-0.05, 0) is 55.7 Å². The number of fused-ring (bicyclic) bond motifs is 4.